The third-order valence-electron chi connectivity index (χ3n) is 3.84. The molecule has 10 heteroatoms. The number of hydrogen-bond donors (Lipinski definition) is 2. The molecule has 0 saturated heterocycles. The van der Waals surface area contributed by atoms with E-state index in [1.807, 2.05) is 6.92 Å². The van der Waals surface area contributed by atoms with Crippen molar-refractivity contribution >= 4 is 28.6 Å². The summed E-state index contributed by atoms with van der Waals surface area (Å²) in [5.41, 5.74) is 1.02. The smallest absolute Gasteiger partial charge is 0.344 e. The topological polar surface area (TPSA) is 81.7 Å². The number of hydrogen-bond acceptors (Lipinski definition) is 6. The second-order valence-electron chi connectivity index (χ2n) is 6.09. The summed E-state index contributed by atoms with van der Waals surface area (Å²) in [7, 11) is -3.79. The summed E-state index contributed by atoms with van der Waals surface area (Å²) < 4.78 is 64.8. The lowest BCUT2D eigenvalue weighted by Gasteiger charge is -2.15. The summed E-state index contributed by atoms with van der Waals surface area (Å²) in [4.78, 5) is 11.3. The number of ether oxygens (including phenoxy) is 2. The maximum Gasteiger partial charge on any atom is 0.344 e. The largest absolute Gasteiger partial charge is 0.476 e. The van der Waals surface area contributed by atoms with E-state index < -0.39 is 45.2 Å². The molecule has 2 aromatic carbocycles. The van der Waals surface area contributed by atoms with E-state index in [2.05, 4.69) is 22.1 Å². The van der Waals surface area contributed by atoms with Gasteiger partial charge in [0.05, 0.1) is 11.5 Å². The third-order valence-corrected chi connectivity index (χ3v) is 5.76. The molecule has 0 amide bonds. The van der Waals surface area contributed by atoms with Crippen molar-refractivity contribution in [3.8, 4) is 5.75 Å². The van der Waals surface area contributed by atoms with Crippen LogP contribution in [0.2, 0.25) is 0 Å². The molecule has 0 radical (unpaired) electrons. The molecule has 0 spiro atoms. The first-order chi connectivity index (χ1) is 13.6. The van der Waals surface area contributed by atoms with Crippen LogP contribution in [0.3, 0.4) is 0 Å². The molecule has 2 rings (SSSR count). The average molecular weight is 446 g/mol. The summed E-state index contributed by atoms with van der Waals surface area (Å²) in [6, 6.07) is 8.18. The summed E-state index contributed by atoms with van der Waals surface area (Å²) in [5.74, 6) is -3.55. The van der Waals surface area contributed by atoms with Crippen LogP contribution in [-0.2, 0) is 19.6 Å². The first kappa shape index (κ1) is 23.1. The number of carbonyl (C=O) groups is 1. The average Bonchev–Trinajstić information content (AvgIpc) is 2.66. The van der Waals surface area contributed by atoms with Gasteiger partial charge in [0.15, 0.2) is 24.0 Å². The number of esters is 1. The molecule has 1 atom stereocenters. The van der Waals surface area contributed by atoms with Gasteiger partial charge in [0.1, 0.15) is 0 Å². The Morgan fingerprint density at radius 1 is 1.17 bits per heavy atom. The van der Waals surface area contributed by atoms with Crippen molar-refractivity contribution in [2.45, 2.75) is 24.0 Å². The molecule has 0 aliphatic heterocycles. The molecule has 6 nitrogen and oxygen atoms in total. The van der Waals surface area contributed by atoms with E-state index in [4.69, 9.17) is 4.74 Å². The van der Waals surface area contributed by atoms with Gasteiger partial charge in [-0.15, -0.1) is 0 Å². The van der Waals surface area contributed by atoms with Crippen LogP contribution in [0.5, 0.6) is 5.75 Å². The lowest BCUT2D eigenvalue weighted by atomic mass is 10.1. The maximum absolute atomic E-state index is 14.2. The highest BCUT2D eigenvalue weighted by atomic mass is 32.2. The van der Waals surface area contributed by atoms with Gasteiger partial charge in [-0.2, -0.15) is 12.6 Å². The molecule has 0 aromatic heterocycles. The maximum atomic E-state index is 14.2. The van der Waals surface area contributed by atoms with Crippen molar-refractivity contribution < 1.29 is 31.5 Å². The Hall–Kier alpha value is -2.17. The standard InChI is InChI=1S/C19H21F2NO5S2/c1-3-26-18(23)11-27-19-15(20)8-13(9-16(19)21)17(28)10-22-29(24,25)14-6-4-12(2)5-7-14/h4-9,17,22,28H,3,10-11H2,1-2H3. The van der Waals surface area contributed by atoms with Crippen molar-refractivity contribution in [1.29, 1.82) is 0 Å². The minimum Gasteiger partial charge on any atom is -0.476 e. The number of sulfonamides is 1. The Labute approximate surface area is 173 Å². The van der Waals surface area contributed by atoms with Gasteiger partial charge in [-0.05, 0) is 43.7 Å². The number of nitrogens with one attached hydrogen (secondary N) is 1. The predicted molar refractivity (Wildman–Crippen MR) is 107 cm³/mol. The quantitative estimate of drug-likeness (QED) is 0.458. The van der Waals surface area contributed by atoms with Crippen molar-refractivity contribution in [1.82, 2.24) is 4.72 Å². The highest BCUT2D eigenvalue weighted by Crippen LogP contribution is 2.29. The van der Waals surface area contributed by atoms with Crippen LogP contribution in [0.4, 0.5) is 8.78 Å². The molecule has 1 N–H and O–H groups in total. The zero-order chi connectivity index (χ0) is 21.6. The van der Waals surface area contributed by atoms with Crippen LogP contribution < -0.4 is 9.46 Å². The molecule has 29 heavy (non-hydrogen) atoms. The van der Waals surface area contributed by atoms with Crippen molar-refractivity contribution in [3.63, 3.8) is 0 Å². The van der Waals surface area contributed by atoms with Gasteiger partial charge in [-0.25, -0.2) is 26.7 Å². The second-order valence-corrected chi connectivity index (χ2v) is 8.48. The summed E-state index contributed by atoms with van der Waals surface area (Å²) >= 11 is 4.23. The number of halogens is 2. The number of carbonyl (C=O) groups excluding carboxylic acids is 1. The van der Waals surface area contributed by atoms with Gasteiger partial charge in [-0.3, -0.25) is 0 Å². The van der Waals surface area contributed by atoms with Gasteiger partial charge in [-0.1, -0.05) is 17.7 Å². The van der Waals surface area contributed by atoms with Crippen LogP contribution in [-0.4, -0.2) is 34.1 Å². The molecule has 0 saturated carbocycles. The van der Waals surface area contributed by atoms with E-state index in [1.54, 1.807) is 19.1 Å². The Morgan fingerprint density at radius 3 is 2.31 bits per heavy atom. The molecular weight excluding hydrogens is 424 g/mol. The monoisotopic (exact) mass is 445 g/mol. The Bertz CT molecular complexity index is 942. The molecular formula is C19H21F2NO5S2. The van der Waals surface area contributed by atoms with Crippen molar-refractivity contribution in [3.05, 3.63) is 59.2 Å². The van der Waals surface area contributed by atoms with Crippen LogP contribution in [0, 0.1) is 18.6 Å². The van der Waals surface area contributed by atoms with Crippen LogP contribution >= 0.6 is 12.6 Å². The first-order valence-electron chi connectivity index (χ1n) is 8.65. The molecule has 0 aliphatic rings. The SMILES string of the molecule is CCOC(=O)COc1c(F)cc(C(S)CNS(=O)(=O)c2ccc(C)cc2)cc1F. The normalized spacial score (nSPS) is 12.4. The van der Waals surface area contributed by atoms with Gasteiger partial charge < -0.3 is 9.47 Å². The third kappa shape index (κ3) is 6.41. The zero-order valence-electron chi connectivity index (χ0n) is 15.8. The lowest BCUT2D eigenvalue weighted by Crippen LogP contribution is -2.27. The first-order valence-corrected chi connectivity index (χ1v) is 10.7. The zero-order valence-corrected chi connectivity index (χ0v) is 17.5. The number of thiol groups is 1. The van der Waals surface area contributed by atoms with Crippen LogP contribution in [0.1, 0.15) is 23.3 Å². The summed E-state index contributed by atoms with van der Waals surface area (Å²) in [5, 5.41) is -0.821. The fourth-order valence-corrected chi connectivity index (χ4v) is 3.76. The summed E-state index contributed by atoms with van der Waals surface area (Å²) in [6.45, 7) is 2.71. The highest BCUT2D eigenvalue weighted by molar-refractivity contribution is 7.89. The van der Waals surface area contributed by atoms with Crippen molar-refractivity contribution in [2.75, 3.05) is 19.8 Å². The Morgan fingerprint density at radius 2 is 1.76 bits per heavy atom. The van der Waals surface area contributed by atoms with Crippen molar-refractivity contribution in [2.24, 2.45) is 0 Å². The number of aryl methyl sites for hydroxylation is 1. The highest BCUT2D eigenvalue weighted by Gasteiger charge is 2.20. The van der Waals surface area contributed by atoms with Gasteiger partial charge in [0, 0.05) is 11.8 Å². The molecule has 0 heterocycles. The van der Waals surface area contributed by atoms with Crippen LogP contribution in [0.25, 0.3) is 0 Å². The number of benzene rings is 2. The Balaban J connectivity index is 2.06. The van der Waals surface area contributed by atoms with Gasteiger partial charge in [0.25, 0.3) is 0 Å². The van der Waals surface area contributed by atoms with E-state index >= 15 is 0 Å². The van der Waals surface area contributed by atoms with E-state index in [1.165, 1.54) is 12.1 Å². The van der Waals surface area contributed by atoms with Gasteiger partial charge in [0.2, 0.25) is 10.0 Å². The van der Waals surface area contributed by atoms with E-state index in [0.717, 1.165) is 17.7 Å². The minimum absolute atomic E-state index is 0.0729. The Kier molecular flexibility index (Phi) is 8.00. The molecule has 0 fully saturated rings. The second kappa shape index (κ2) is 10.0. The van der Waals surface area contributed by atoms with E-state index in [0.29, 0.717) is 0 Å². The molecule has 2 aromatic rings. The molecule has 0 bridgehead atoms. The minimum atomic E-state index is -3.79. The fourth-order valence-electron chi connectivity index (χ4n) is 2.35. The summed E-state index contributed by atoms with van der Waals surface area (Å²) in [6.07, 6.45) is 0. The number of rotatable bonds is 9. The van der Waals surface area contributed by atoms with E-state index in [-0.39, 0.29) is 23.6 Å². The molecule has 158 valence electrons. The lowest BCUT2D eigenvalue weighted by molar-refractivity contribution is -0.145. The molecule has 1 unspecified atom stereocenters. The van der Waals surface area contributed by atoms with Crippen LogP contribution in [0.15, 0.2) is 41.3 Å². The van der Waals surface area contributed by atoms with E-state index in [9.17, 15) is 22.0 Å². The predicted octanol–water partition coefficient (Wildman–Crippen LogP) is 3.16. The fraction of sp³-hybridized carbons (Fsp3) is 0.316. The van der Waals surface area contributed by atoms with Gasteiger partial charge >= 0.3 is 5.97 Å². The molecule has 0 aliphatic carbocycles.